The molecular weight excluding hydrogens is 264 g/mol. The summed E-state index contributed by atoms with van der Waals surface area (Å²) >= 11 is 0. The Bertz CT molecular complexity index is 440. The first kappa shape index (κ1) is 16.2. The van der Waals surface area contributed by atoms with E-state index in [4.69, 9.17) is 4.74 Å². The summed E-state index contributed by atoms with van der Waals surface area (Å²) in [4.78, 5) is 11.3. The first-order chi connectivity index (χ1) is 9.81. The lowest BCUT2D eigenvalue weighted by Crippen LogP contribution is -2.57. The standard InChI is InChI=1S/C16H28N4O/c1-6-7-17-8-13-9-18-14(19-10-13)20-11-15(2,3)21-16(4,5)12-20/h9-10,17H,6-8,11-12H2,1-5H3. The molecule has 0 bridgehead atoms. The molecule has 0 saturated carbocycles. The van der Waals surface area contributed by atoms with Gasteiger partial charge in [0, 0.05) is 37.6 Å². The molecule has 0 unspecified atom stereocenters. The van der Waals surface area contributed by atoms with Crippen molar-refractivity contribution in [3.05, 3.63) is 18.0 Å². The lowest BCUT2D eigenvalue weighted by molar-refractivity contribution is -0.133. The molecule has 1 aliphatic rings. The van der Waals surface area contributed by atoms with Gasteiger partial charge in [0.25, 0.3) is 0 Å². The third-order valence-electron chi connectivity index (χ3n) is 3.43. The van der Waals surface area contributed by atoms with Crippen molar-refractivity contribution < 1.29 is 4.74 Å². The van der Waals surface area contributed by atoms with E-state index in [2.05, 4.69) is 54.8 Å². The summed E-state index contributed by atoms with van der Waals surface area (Å²) in [6.07, 6.45) is 4.97. The van der Waals surface area contributed by atoms with Gasteiger partial charge >= 0.3 is 0 Å². The van der Waals surface area contributed by atoms with E-state index in [1.54, 1.807) is 0 Å². The van der Waals surface area contributed by atoms with E-state index < -0.39 is 0 Å². The van der Waals surface area contributed by atoms with Gasteiger partial charge in [0.2, 0.25) is 5.95 Å². The SMILES string of the molecule is CCCNCc1cnc(N2CC(C)(C)OC(C)(C)C2)nc1. The fourth-order valence-corrected chi connectivity index (χ4v) is 2.94. The summed E-state index contributed by atoms with van der Waals surface area (Å²) in [6.45, 7) is 14.1. The number of hydrogen-bond donors (Lipinski definition) is 1. The summed E-state index contributed by atoms with van der Waals surface area (Å²) in [5, 5.41) is 3.36. The van der Waals surface area contributed by atoms with Crippen LogP contribution in [0.1, 0.15) is 46.6 Å². The smallest absolute Gasteiger partial charge is 0.225 e. The number of nitrogens with zero attached hydrogens (tertiary/aromatic N) is 3. The zero-order valence-electron chi connectivity index (χ0n) is 13.9. The first-order valence-electron chi connectivity index (χ1n) is 7.78. The van der Waals surface area contributed by atoms with Gasteiger partial charge in [-0.2, -0.15) is 0 Å². The number of anilines is 1. The minimum absolute atomic E-state index is 0.188. The van der Waals surface area contributed by atoms with Crippen LogP contribution < -0.4 is 10.2 Å². The Labute approximate surface area is 128 Å². The van der Waals surface area contributed by atoms with Gasteiger partial charge in [-0.1, -0.05) is 6.92 Å². The lowest BCUT2D eigenvalue weighted by Gasteiger charge is -2.47. The Morgan fingerprint density at radius 2 is 1.71 bits per heavy atom. The Morgan fingerprint density at radius 3 is 2.24 bits per heavy atom. The molecule has 1 saturated heterocycles. The molecule has 5 nitrogen and oxygen atoms in total. The molecule has 0 radical (unpaired) electrons. The van der Waals surface area contributed by atoms with E-state index in [-0.39, 0.29) is 11.2 Å². The highest BCUT2D eigenvalue weighted by Gasteiger charge is 2.38. The molecule has 1 aliphatic heterocycles. The molecule has 2 rings (SSSR count). The second-order valence-electron chi connectivity index (χ2n) is 7.05. The molecule has 118 valence electrons. The van der Waals surface area contributed by atoms with Gasteiger partial charge in [-0.15, -0.1) is 0 Å². The number of ether oxygens (including phenoxy) is 1. The minimum Gasteiger partial charge on any atom is -0.366 e. The average Bonchev–Trinajstić information content (AvgIpc) is 2.36. The number of nitrogens with one attached hydrogen (secondary N) is 1. The average molecular weight is 292 g/mol. The first-order valence-corrected chi connectivity index (χ1v) is 7.78. The highest BCUT2D eigenvalue weighted by molar-refractivity contribution is 5.32. The van der Waals surface area contributed by atoms with Crippen LogP contribution in [0.5, 0.6) is 0 Å². The third kappa shape index (κ3) is 4.64. The van der Waals surface area contributed by atoms with Gasteiger partial charge in [-0.3, -0.25) is 0 Å². The molecule has 2 heterocycles. The molecule has 0 aromatic carbocycles. The van der Waals surface area contributed by atoms with E-state index >= 15 is 0 Å². The lowest BCUT2D eigenvalue weighted by atomic mass is 9.99. The van der Waals surface area contributed by atoms with Gasteiger partial charge in [0.1, 0.15) is 0 Å². The van der Waals surface area contributed by atoms with Crippen LogP contribution in [0.4, 0.5) is 5.95 Å². The van der Waals surface area contributed by atoms with E-state index in [1.165, 1.54) is 0 Å². The molecule has 0 amide bonds. The fraction of sp³-hybridized carbons (Fsp3) is 0.750. The minimum atomic E-state index is -0.188. The highest BCUT2D eigenvalue weighted by atomic mass is 16.5. The largest absolute Gasteiger partial charge is 0.366 e. The summed E-state index contributed by atoms with van der Waals surface area (Å²) < 4.78 is 6.09. The number of hydrogen-bond acceptors (Lipinski definition) is 5. The Balaban J connectivity index is 2.04. The number of rotatable bonds is 5. The highest BCUT2D eigenvalue weighted by Crippen LogP contribution is 2.29. The molecule has 1 fully saturated rings. The van der Waals surface area contributed by atoms with E-state index in [0.717, 1.165) is 44.1 Å². The van der Waals surface area contributed by atoms with Crippen LogP contribution in [-0.2, 0) is 11.3 Å². The van der Waals surface area contributed by atoms with Crippen LogP contribution >= 0.6 is 0 Å². The van der Waals surface area contributed by atoms with Crippen molar-refractivity contribution >= 4 is 5.95 Å². The molecule has 21 heavy (non-hydrogen) atoms. The van der Waals surface area contributed by atoms with Crippen molar-refractivity contribution in [1.29, 1.82) is 0 Å². The van der Waals surface area contributed by atoms with Gasteiger partial charge < -0.3 is 15.0 Å². The second-order valence-corrected chi connectivity index (χ2v) is 7.05. The predicted octanol–water partition coefficient (Wildman–Crippen LogP) is 2.37. The fourth-order valence-electron chi connectivity index (χ4n) is 2.94. The van der Waals surface area contributed by atoms with Crippen molar-refractivity contribution in [3.63, 3.8) is 0 Å². The van der Waals surface area contributed by atoms with Crippen LogP contribution in [0.3, 0.4) is 0 Å². The zero-order valence-corrected chi connectivity index (χ0v) is 13.9. The predicted molar refractivity (Wildman–Crippen MR) is 85.5 cm³/mol. The maximum absolute atomic E-state index is 6.09. The maximum atomic E-state index is 6.09. The number of morpholine rings is 1. The third-order valence-corrected chi connectivity index (χ3v) is 3.43. The molecule has 1 aromatic rings. The molecule has 0 atom stereocenters. The normalized spacial score (nSPS) is 20.5. The van der Waals surface area contributed by atoms with Gasteiger partial charge in [-0.25, -0.2) is 9.97 Å². The van der Waals surface area contributed by atoms with Crippen LogP contribution in [0, 0.1) is 0 Å². The zero-order chi connectivity index (χ0) is 15.5. The monoisotopic (exact) mass is 292 g/mol. The Morgan fingerprint density at radius 1 is 1.14 bits per heavy atom. The summed E-state index contributed by atoms with van der Waals surface area (Å²) in [5.41, 5.74) is 0.748. The maximum Gasteiger partial charge on any atom is 0.225 e. The summed E-state index contributed by atoms with van der Waals surface area (Å²) in [5.74, 6) is 0.790. The molecule has 5 heteroatoms. The van der Waals surface area contributed by atoms with Crippen LogP contribution in [0.15, 0.2) is 12.4 Å². The van der Waals surface area contributed by atoms with Crippen molar-refractivity contribution in [2.24, 2.45) is 0 Å². The van der Waals surface area contributed by atoms with E-state index in [0.29, 0.717) is 0 Å². The van der Waals surface area contributed by atoms with Crippen molar-refractivity contribution in [3.8, 4) is 0 Å². The second kappa shape index (κ2) is 6.28. The van der Waals surface area contributed by atoms with Crippen molar-refractivity contribution in [1.82, 2.24) is 15.3 Å². The van der Waals surface area contributed by atoms with E-state index in [1.807, 2.05) is 12.4 Å². The molecule has 1 N–H and O–H groups in total. The molecule has 0 spiro atoms. The summed E-state index contributed by atoms with van der Waals surface area (Å²) in [7, 11) is 0. The van der Waals surface area contributed by atoms with Gasteiger partial charge in [0.05, 0.1) is 11.2 Å². The topological polar surface area (TPSA) is 50.3 Å². The van der Waals surface area contributed by atoms with Gasteiger partial charge in [0.15, 0.2) is 0 Å². The van der Waals surface area contributed by atoms with Crippen LogP contribution in [0.25, 0.3) is 0 Å². The quantitative estimate of drug-likeness (QED) is 0.844. The van der Waals surface area contributed by atoms with Gasteiger partial charge in [-0.05, 0) is 40.7 Å². The molecule has 0 aliphatic carbocycles. The number of aromatic nitrogens is 2. The van der Waals surface area contributed by atoms with Crippen LogP contribution in [0.2, 0.25) is 0 Å². The van der Waals surface area contributed by atoms with Crippen molar-refractivity contribution in [2.75, 3.05) is 24.5 Å². The van der Waals surface area contributed by atoms with E-state index in [9.17, 15) is 0 Å². The molecule has 1 aromatic heterocycles. The summed E-state index contributed by atoms with van der Waals surface area (Å²) in [6, 6.07) is 0. The molecular formula is C16H28N4O. The van der Waals surface area contributed by atoms with Crippen LogP contribution in [-0.4, -0.2) is 40.8 Å². The van der Waals surface area contributed by atoms with Crippen molar-refractivity contribution in [2.45, 2.75) is 58.8 Å². The Kier molecular flexibility index (Phi) is 4.84. The Hall–Kier alpha value is -1.20.